The molecule has 370 valence electrons. The van der Waals surface area contributed by atoms with E-state index >= 15 is 0 Å². The van der Waals surface area contributed by atoms with E-state index < -0.39 is 95.7 Å². The monoisotopic (exact) mass is 942 g/mol. The number of esters is 2. The van der Waals surface area contributed by atoms with Gasteiger partial charge in [0.25, 0.3) is 0 Å². The SMILES string of the molecule is C=CN(C)[C@H]1C[C@@H](C)OC(O[C@@H]2[C@@H](C)[C@H](OC(=O)Cc3cccnc3)[C@@H](C)C(=O)O[C@H](C)[C@@]3(C)OC(=O)N(CCCOc4cccc(-c5cccnc5)c4)[C@H]3[C@@H](C)C(=O)[C@H](C)C[C@@]2(C)OC)[C@@H]1O. The Morgan fingerprint density at radius 1 is 0.985 bits per heavy atom. The Kier molecular flexibility index (Phi) is 17.1. The number of likely N-dealkylation sites (N-methyl/N-ethyl adjacent to an activating group) is 1. The normalized spacial score (nSPS) is 33.6. The van der Waals surface area contributed by atoms with Crippen molar-refractivity contribution in [2.75, 3.05) is 27.3 Å². The third-order valence-corrected chi connectivity index (χ3v) is 14.3. The molecular formula is C52H70N4O12. The van der Waals surface area contributed by atoms with Gasteiger partial charge in [-0.1, -0.05) is 51.6 Å². The molecule has 16 heteroatoms. The molecule has 3 fully saturated rings. The van der Waals surface area contributed by atoms with Gasteiger partial charge in [0.15, 0.2) is 11.9 Å². The Morgan fingerprint density at radius 3 is 2.35 bits per heavy atom. The largest absolute Gasteiger partial charge is 0.494 e. The number of carbonyl (C=O) groups excluding carboxylic acids is 4. The van der Waals surface area contributed by atoms with Crippen LogP contribution >= 0.6 is 0 Å². The molecule has 5 heterocycles. The Bertz CT molecular complexity index is 2200. The Morgan fingerprint density at radius 2 is 1.69 bits per heavy atom. The van der Waals surface area contributed by atoms with Crippen molar-refractivity contribution < 1.29 is 57.4 Å². The summed E-state index contributed by atoms with van der Waals surface area (Å²) in [6, 6.07) is 13.7. The molecule has 3 aliphatic rings. The van der Waals surface area contributed by atoms with E-state index in [1.54, 1.807) is 96.5 Å². The zero-order valence-corrected chi connectivity index (χ0v) is 41.1. The average molecular weight is 943 g/mol. The Balaban J connectivity index is 1.33. The van der Waals surface area contributed by atoms with E-state index in [4.69, 9.17) is 33.2 Å². The summed E-state index contributed by atoms with van der Waals surface area (Å²) in [5.41, 5.74) is -0.327. The Hall–Kier alpha value is -5.42. The first-order chi connectivity index (χ1) is 32.3. The van der Waals surface area contributed by atoms with Crippen LogP contribution in [0.15, 0.2) is 86.1 Å². The number of Topliss-reactive ketones (excluding diaryl/α,β-unsaturated/α-hetero) is 1. The van der Waals surface area contributed by atoms with Crippen molar-refractivity contribution in [3.05, 3.63) is 91.7 Å². The van der Waals surface area contributed by atoms with E-state index in [2.05, 4.69) is 16.5 Å². The van der Waals surface area contributed by atoms with E-state index in [9.17, 15) is 24.3 Å². The lowest BCUT2D eigenvalue weighted by atomic mass is 9.73. The molecule has 2 aromatic heterocycles. The van der Waals surface area contributed by atoms with Crippen LogP contribution in [0, 0.1) is 23.7 Å². The van der Waals surface area contributed by atoms with Crippen molar-refractivity contribution in [1.82, 2.24) is 19.8 Å². The van der Waals surface area contributed by atoms with Gasteiger partial charge in [-0.2, -0.15) is 0 Å². The zero-order chi connectivity index (χ0) is 49.5. The van der Waals surface area contributed by atoms with Gasteiger partial charge in [-0.25, -0.2) is 4.79 Å². The second-order valence-electron chi connectivity index (χ2n) is 19.2. The average Bonchev–Trinajstić information content (AvgIpc) is 3.60. The van der Waals surface area contributed by atoms with Crippen LogP contribution in [-0.4, -0.2) is 136 Å². The number of hydrogen-bond acceptors (Lipinski definition) is 15. The van der Waals surface area contributed by atoms with Crippen LogP contribution in [0.25, 0.3) is 11.1 Å². The summed E-state index contributed by atoms with van der Waals surface area (Å²) in [6.45, 7) is 18.3. The number of carbonyl (C=O) groups is 4. The molecule has 1 amide bonds. The lowest BCUT2D eigenvalue weighted by molar-refractivity contribution is -0.301. The maximum atomic E-state index is 15.0. The molecule has 0 radical (unpaired) electrons. The number of benzene rings is 1. The first-order valence-electron chi connectivity index (χ1n) is 23.7. The maximum absolute atomic E-state index is 15.0. The van der Waals surface area contributed by atoms with Gasteiger partial charge in [-0.05, 0) is 95.5 Å². The van der Waals surface area contributed by atoms with Crippen LogP contribution in [0.3, 0.4) is 0 Å². The van der Waals surface area contributed by atoms with Crippen LogP contribution in [0.1, 0.15) is 80.2 Å². The molecule has 1 N–H and O–H groups in total. The van der Waals surface area contributed by atoms with Gasteiger partial charge < -0.3 is 48.1 Å². The van der Waals surface area contributed by atoms with Gasteiger partial charge in [0.05, 0.1) is 48.8 Å². The summed E-state index contributed by atoms with van der Waals surface area (Å²) >= 11 is 0. The summed E-state index contributed by atoms with van der Waals surface area (Å²) in [5, 5.41) is 11.8. The number of amides is 1. The number of aliphatic hydroxyl groups is 1. The molecule has 0 saturated carbocycles. The molecule has 3 saturated heterocycles. The first-order valence-corrected chi connectivity index (χ1v) is 23.7. The number of rotatable bonds is 14. The van der Waals surface area contributed by atoms with Gasteiger partial charge in [-0.3, -0.25) is 24.4 Å². The third kappa shape index (κ3) is 11.5. The fourth-order valence-corrected chi connectivity index (χ4v) is 10.3. The second kappa shape index (κ2) is 22.3. The molecule has 1 aromatic carbocycles. The minimum Gasteiger partial charge on any atom is -0.494 e. The number of aliphatic hydroxyl groups excluding tert-OH is 1. The standard InChI is InChI=1S/C52H70N4O12/c1-12-55(10)41-25-32(3)64-49(44(41)59)67-47-34(5)45(66-42(57)26-37-17-14-21-53-29-37)35(6)48(60)65-36(7)52(9)46(33(4)43(58)31(2)28-51(47,8)62-11)56(50(61)68-52)23-16-24-63-40-20-13-18-38(27-40)39-19-15-22-54-30-39/h12-15,17-22,27,29-36,41,44-47,49,59H,1,16,23-26,28H2,2-11H3/t31-,32-,33+,34+,35-,36-,41+,44-,45+,46+,47-,49?,51-,52-/m1/s1. The molecule has 68 heavy (non-hydrogen) atoms. The van der Waals surface area contributed by atoms with Crippen molar-refractivity contribution >= 4 is 23.8 Å². The van der Waals surface area contributed by atoms with Gasteiger partial charge in [-0.15, -0.1) is 0 Å². The first kappa shape index (κ1) is 52.0. The predicted molar refractivity (Wildman–Crippen MR) is 252 cm³/mol. The maximum Gasteiger partial charge on any atom is 0.410 e. The molecule has 3 aliphatic heterocycles. The van der Waals surface area contributed by atoms with E-state index in [0.717, 1.165) is 11.1 Å². The molecule has 16 nitrogen and oxygen atoms in total. The van der Waals surface area contributed by atoms with Crippen LogP contribution in [0.2, 0.25) is 0 Å². The van der Waals surface area contributed by atoms with Gasteiger partial charge in [0.1, 0.15) is 29.8 Å². The number of methoxy groups -OCH3 is 1. The summed E-state index contributed by atoms with van der Waals surface area (Å²) < 4.78 is 44.4. The minimum atomic E-state index is -1.49. The lowest BCUT2D eigenvalue weighted by Crippen LogP contribution is -2.60. The van der Waals surface area contributed by atoms with Crippen molar-refractivity contribution in [2.24, 2.45) is 23.7 Å². The van der Waals surface area contributed by atoms with Crippen molar-refractivity contribution in [3.8, 4) is 16.9 Å². The number of ketones is 1. The highest BCUT2D eigenvalue weighted by Crippen LogP contribution is 2.43. The number of pyridine rings is 2. The molecule has 0 aliphatic carbocycles. The lowest BCUT2D eigenvalue weighted by Gasteiger charge is -2.48. The number of aromatic nitrogens is 2. The highest BCUT2D eigenvalue weighted by atomic mass is 16.7. The van der Waals surface area contributed by atoms with Gasteiger partial charge in [0.2, 0.25) is 0 Å². The summed E-state index contributed by atoms with van der Waals surface area (Å²) in [6.07, 6.45) is 2.42. The zero-order valence-electron chi connectivity index (χ0n) is 41.1. The quantitative estimate of drug-likeness (QED) is 0.101. The fourth-order valence-electron chi connectivity index (χ4n) is 10.3. The van der Waals surface area contributed by atoms with Crippen LogP contribution < -0.4 is 4.74 Å². The fraction of sp³-hybridized carbons (Fsp3) is 0.577. The highest BCUT2D eigenvalue weighted by molar-refractivity contribution is 5.85. The second-order valence-corrected chi connectivity index (χ2v) is 19.2. The molecule has 6 rings (SSSR count). The summed E-state index contributed by atoms with van der Waals surface area (Å²) in [7, 11) is 3.32. The van der Waals surface area contributed by atoms with Crippen LogP contribution in [-0.2, 0) is 49.2 Å². The van der Waals surface area contributed by atoms with E-state index in [1.165, 1.54) is 12.0 Å². The number of nitrogens with zero attached hydrogens (tertiary/aromatic N) is 4. The molecule has 14 atom stereocenters. The van der Waals surface area contributed by atoms with E-state index in [1.807, 2.05) is 50.4 Å². The highest BCUT2D eigenvalue weighted by Gasteiger charge is 2.60. The molecule has 3 aromatic rings. The van der Waals surface area contributed by atoms with Crippen molar-refractivity contribution in [3.63, 3.8) is 0 Å². The number of cyclic esters (lactones) is 1. The molecule has 1 unspecified atom stereocenters. The number of fused-ring (bicyclic) bond motifs is 1. The molecule has 0 bridgehead atoms. The van der Waals surface area contributed by atoms with Crippen molar-refractivity contribution in [2.45, 2.75) is 141 Å². The topological polar surface area (TPSA) is 185 Å². The minimum absolute atomic E-state index is 0.0882. The van der Waals surface area contributed by atoms with Gasteiger partial charge in [0, 0.05) is 68.8 Å². The third-order valence-electron chi connectivity index (χ3n) is 14.3. The van der Waals surface area contributed by atoms with Gasteiger partial charge >= 0.3 is 18.0 Å². The Labute approximate surface area is 400 Å². The number of hydrogen-bond donors (Lipinski definition) is 1. The van der Waals surface area contributed by atoms with E-state index in [0.29, 0.717) is 24.2 Å². The van der Waals surface area contributed by atoms with Crippen LogP contribution in [0.5, 0.6) is 5.75 Å². The van der Waals surface area contributed by atoms with Crippen LogP contribution in [0.4, 0.5) is 4.79 Å². The smallest absolute Gasteiger partial charge is 0.410 e. The molecular weight excluding hydrogens is 873 g/mol. The van der Waals surface area contributed by atoms with E-state index in [-0.39, 0.29) is 37.9 Å². The predicted octanol–water partition coefficient (Wildman–Crippen LogP) is 6.83. The summed E-state index contributed by atoms with van der Waals surface area (Å²) in [5.74, 6) is -4.40. The van der Waals surface area contributed by atoms with Crippen molar-refractivity contribution in [1.29, 1.82) is 0 Å². The number of ether oxygens (including phenoxy) is 7. The molecule has 0 spiro atoms. The summed E-state index contributed by atoms with van der Waals surface area (Å²) in [4.78, 5) is 69.2.